The Bertz CT molecular complexity index is 604. The third kappa shape index (κ3) is 7.90. The molecule has 0 radical (unpaired) electrons. The fourth-order valence-electron chi connectivity index (χ4n) is 3.57. The summed E-state index contributed by atoms with van der Waals surface area (Å²) >= 11 is 0. The molecule has 0 unspecified atom stereocenters. The summed E-state index contributed by atoms with van der Waals surface area (Å²) < 4.78 is 5.46. The molecule has 1 saturated heterocycles. The Morgan fingerprint density at radius 1 is 1.24 bits per heavy atom. The summed E-state index contributed by atoms with van der Waals surface area (Å²) in [4.78, 5) is 11.7. The predicted molar refractivity (Wildman–Crippen MR) is 130 cm³/mol. The lowest BCUT2D eigenvalue weighted by molar-refractivity contribution is 0.122. The van der Waals surface area contributed by atoms with Gasteiger partial charge in [0.1, 0.15) is 5.82 Å². The maximum Gasteiger partial charge on any atom is 0.191 e. The number of nitrogens with one attached hydrogen (secondary N) is 2. The van der Waals surface area contributed by atoms with Gasteiger partial charge < -0.3 is 25.4 Å². The lowest BCUT2D eigenvalue weighted by Crippen LogP contribution is -2.44. The summed E-state index contributed by atoms with van der Waals surface area (Å²) in [6.07, 6.45) is 4.70. The molecule has 0 spiro atoms. The number of ether oxygens (including phenoxy) is 1. The molecule has 0 saturated carbocycles. The van der Waals surface area contributed by atoms with Crippen LogP contribution in [0.25, 0.3) is 0 Å². The minimum Gasteiger partial charge on any atom is -0.396 e. The monoisotopic (exact) mass is 519 g/mol. The molecular weight excluding hydrogens is 481 g/mol. The first-order valence-electron chi connectivity index (χ1n) is 10.6. The SMILES string of the molecule is CCNC(=NCc1cccnc1N1CCOCC1)NCC(CC)(CC)CCO.I. The van der Waals surface area contributed by atoms with Crippen LogP contribution in [0.5, 0.6) is 0 Å². The molecule has 0 bridgehead atoms. The molecule has 7 nitrogen and oxygen atoms in total. The molecule has 8 heteroatoms. The third-order valence-electron chi connectivity index (χ3n) is 5.70. The van der Waals surface area contributed by atoms with Gasteiger partial charge in [0.05, 0.1) is 19.8 Å². The van der Waals surface area contributed by atoms with Gasteiger partial charge in [-0.1, -0.05) is 19.9 Å². The number of guanidine groups is 1. The van der Waals surface area contributed by atoms with E-state index in [0.717, 1.165) is 76.0 Å². The van der Waals surface area contributed by atoms with Crippen LogP contribution in [0.4, 0.5) is 5.82 Å². The van der Waals surface area contributed by atoms with E-state index in [2.05, 4.69) is 47.4 Å². The molecule has 1 aromatic rings. The van der Waals surface area contributed by atoms with Gasteiger partial charge in [-0.2, -0.15) is 0 Å². The molecule has 2 rings (SSSR count). The molecule has 1 aliphatic rings. The molecule has 166 valence electrons. The average molecular weight is 519 g/mol. The first-order valence-corrected chi connectivity index (χ1v) is 10.6. The van der Waals surface area contributed by atoms with Crippen LogP contribution >= 0.6 is 24.0 Å². The molecule has 3 N–H and O–H groups in total. The number of hydrogen-bond acceptors (Lipinski definition) is 5. The largest absolute Gasteiger partial charge is 0.396 e. The second kappa shape index (κ2) is 14.0. The van der Waals surface area contributed by atoms with Crippen molar-refractivity contribution >= 4 is 35.8 Å². The number of aliphatic hydroxyl groups excluding tert-OH is 1. The molecule has 0 aromatic carbocycles. The summed E-state index contributed by atoms with van der Waals surface area (Å²) in [5, 5.41) is 16.3. The van der Waals surface area contributed by atoms with Crippen molar-refractivity contribution in [2.45, 2.75) is 46.6 Å². The van der Waals surface area contributed by atoms with Crippen LogP contribution in [0.3, 0.4) is 0 Å². The van der Waals surface area contributed by atoms with E-state index in [-0.39, 0.29) is 36.0 Å². The Balaban J connectivity index is 0.00000420. The standard InChI is InChI=1S/C21H37N5O2.HI/c1-4-21(5-2,9-13-27)17-25-20(22-6-3)24-16-18-8-7-10-23-19(18)26-11-14-28-15-12-26;/h7-8,10,27H,4-6,9,11-17H2,1-3H3,(H2,22,24,25);1H. The second-order valence-corrected chi connectivity index (χ2v) is 7.31. The molecule has 29 heavy (non-hydrogen) atoms. The summed E-state index contributed by atoms with van der Waals surface area (Å²) in [5.41, 5.74) is 1.22. The number of aliphatic imine (C=N–C) groups is 1. The highest BCUT2D eigenvalue weighted by Crippen LogP contribution is 2.29. The van der Waals surface area contributed by atoms with Crippen molar-refractivity contribution in [3.63, 3.8) is 0 Å². The molecule has 1 fully saturated rings. The van der Waals surface area contributed by atoms with E-state index >= 15 is 0 Å². The van der Waals surface area contributed by atoms with E-state index in [9.17, 15) is 5.11 Å². The van der Waals surface area contributed by atoms with Crippen molar-refractivity contribution in [1.82, 2.24) is 15.6 Å². The normalized spacial score (nSPS) is 15.0. The number of rotatable bonds is 10. The van der Waals surface area contributed by atoms with E-state index in [1.165, 1.54) is 0 Å². The van der Waals surface area contributed by atoms with Crippen LogP contribution in [-0.4, -0.2) is 62.0 Å². The number of hydrogen-bond donors (Lipinski definition) is 3. The fraction of sp³-hybridized carbons (Fsp3) is 0.714. The van der Waals surface area contributed by atoms with Gasteiger partial charge >= 0.3 is 0 Å². The Labute approximate surface area is 192 Å². The van der Waals surface area contributed by atoms with Crippen LogP contribution in [0.1, 0.15) is 45.6 Å². The first-order chi connectivity index (χ1) is 13.7. The number of aromatic nitrogens is 1. The Kier molecular flexibility index (Phi) is 12.5. The number of nitrogens with zero attached hydrogens (tertiary/aromatic N) is 3. The average Bonchev–Trinajstić information content (AvgIpc) is 2.75. The highest BCUT2D eigenvalue weighted by atomic mass is 127. The van der Waals surface area contributed by atoms with Crippen molar-refractivity contribution in [1.29, 1.82) is 0 Å². The minimum absolute atomic E-state index is 0. The van der Waals surface area contributed by atoms with E-state index in [1.807, 2.05) is 12.3 Å². The molecule has 1 aliphatic heterocycles. The zero-order valence-corrected chi connectivity index (χ0v) is 20.4. The van der Waals surface area contributed by atoms with Crippen LogP contribution in [-0.2, 0) is 11.3 Å². The highest BCUT2D eigenvalue weighted by molar-refractivity contribution is 14.0. The van der Waals surface area contributed by atoms with Crippen LogP contribution in [0, 0.1) is 5.41 Å². The van der Waals surface area contributed by atoms with Crippen molar-refractivity contribution in [2.24, 2.45) is 10.4 Å². The number of pyridine rings is 1. The van der Waals surface area contributed by atoms with Crippen molar-refractivity contribution < 1.29 is 9.84 Å². The molecule has 2 heterocycles. The predicted octanol–water partition coefficient (Wildman–Crippen LogP) is 2.78. The third-order valence-corrected chi connectivity index (χ3v) is 5.70. The maximum atomic E-state index is 9.44. The van der Waals surface area contributed by atoms with Gasteiger partial charge in [-0.25, -0.2) is 9.98 Å². The summed E-state index contributed by atoms with van der Waals surface area (Å²) in [5.74, 6) is 1.81. The lowest BCUT2D eigenvalue weighted by atomic mass is 9.79. The van der Waals surface area contributed by atoms with Crippen molar-refractivity contribution in [3.05, 3.63) is 23.9 Å². The Morgan fingerprint density at radius 3 is 2.59 bits per heavy atom. The van der Waals surface area contributed by atoms with Gasteiger partial charge in [0.2, 0.25) is 0 Å². The number of morpholine rings is 1. The van der Waals surface area contributed by atoms with Crippen LogP contribution in [0.15, 0.2) is 23.3 Å². The quantitative estimate of drug-likeness (QED) is 0.251. The first kappa shape index (κ1) is 25.9. The number of aliphatic hydroxyl groups is 1. The topological polar surface area (TPSA) is 82.0 Å². The van der Waals surface area contributed by atoms with Crippen molar-refractivity contribution in [3.8, 4) is 0 Å². The highest BCUT2D eigenvalue weighted by Gasteiger charge is 2.25. The van der Waals surface area contributed by atoms with Crippen molar-refractivity contribution in [2.75, 3.05) is 50.9 Å². The van der Waals surface area contributed by atoms with Crippen LogP contribution < -0.4 is 15.5 Å². The van der Waals surface area contributed by atoms with E-state index in [0.29, 0.717) is 6.54 Å². The van der Waals surface area contributed by atoms with Gasteiger partial charge in [0.15, 0.2) is 5.96 Å². The number of halogens is 1. The maximum absolute atomic E-state index is 9.44. The van der Waals surface area contributed by atoms with Gasteiger partial charge in [-0.05, 0) is 37.7 Å². The molecule has 0 atom stereocenters. The minimum atomic E-state index is 0. The lowest BCUT2D eigenvalue weighted by Gasteiger charge is -2.32. The smallest absolute Gasteiger partial charge is 0.191 e. The van der Waals surface area contributed by atoms with E-state index in [1.54, 1.807) is 0 Å². The summed E-state index contributed by atoms with van der Waals surface area (Å²) in [6, 6.07) is 4.06. The van der Waals surface area contributed by atoms with Gasteiger partial charge in [-0.3, -0.25) is 0 Å². The molecule has 0 aliphatic carbocycles. The zero-order valence-electron chi connectivity index (χ0n) is 18.1. The fourth-order valence-corrected chi connectivity index (χ4v) is 3.57. The van der Waals surface area contributed by atoms with Crippen LogP contribution in [0.2, 0.25) is 0 Å². The van der Waals surface area contributed by atoms with Gasteiger partial charge in [0.25, 0.3) is 0 Å². The zero-order chi connectivity index (χ0) is 20.2. The van der Waals surface area contributed by atoms with E-state index in [4.69, 9.17) is 9.73 Å². The summed E-state index contributed by atoms with van der Waals surface area (Å²) in [7, 11) is 0. The van der Waals surface area contributed by atoms with E-state index < -0.39 is 0 Å². The number of anilines is 1. The molecule has 1 aromatic heterocycles. The van der Waals surface area contributed by atoms with Gasteiger partial charge in [0, 0.05) is 44.5 Å². The summed E-state index contributed by atoms with van der Waals surface area (Å²) in [6.45, 7) is 12.1. The molecule has 0 amide bonds. The Morgan fingerprint density at radius 2 is 1.97 bits per heavy atom. The molecular formula is C21H38IN5O2. The Hall–Kier alpha value is -1.13. The van der Waals surface area contributed by atoms with Gasteiger partial charge in [-0.15, -0.1) is 24.0 Å². The second-order valence-electron chi connectivity index (χ2n) is 7.31.